The number of aromatic carboxylic acids is 1. The average molecular weight is 183 g/mol. The van der Waals surface area contributed by atoms with Crippen molar-refractivity contribution in [3.63, 3.8) is 0 Å². The fourth-order valence-corrected chi connectivity index (χ4v) is 0.987. The molecule has 5 heteroatoms. The molecule has 0 fully saturated rings. The van der Waals surface area contributed by atoms with E-state index in [9.17, 15) is 4.79 Å². The van der Waals surface area contributed by atoms with Crippen molar-refractivity contribution in [3.05, 3.63) is 18.0 Å². The van der Waals surface area contributed by atoms with Crippen LogP contribution in [-0.4, -0.2) is 46.4 Å². The zero-order valence-electron chi connectivity index (χ0n) is 7.77. The quantitative estimate of drug-likeness (QED) is 0.721. The Bertz CT molecular complexity index is 293. The first-order valence-electron chi connectivity index (χ1n) is 4.01. The van der Waals surface area contributed by atoms with Crippen molar-refractivity contribution in [1.82, 2.24) is 14.7 Å². The number of hydrogen-bond donors (Lipinski definition) is 1. The molecule has 72 valence electrons. The van der Waals surface area contributed by atoms with Gasteiger partial charge in [-0.1, -0.05) is 0 Å². The van der Waals surface area contributed by atoms with Crippen LogP contribution in [0, 0.1) is 0 Å². The standard InChI is InChI=1S/C8H13N3O2/c1-10(2)5-6-11-7(8(12)13)3-4-9-11/h3-4H,5-6H2,1-2H3,(H,12,13). The van der Waals surface area contributed by atoms with Crippen LogP contribution in [0.3, 0.4) is 0 Å². The molecule has 1 heterocycles. The highest BCUT2D eigenvalue weighted by molar-refractivity contribution is 5.85. The Morgan fingerprint density at radius 3 is 2.92 bits per heavy atom. The number of carboxylic acid groups (broad SMARTS) is 1. The van der Waals surface area contributed by atoms with Gasteiger partial charge in [0.1, 0.15) is 5.69 Å². The highest BCUT2D eigenvalue weighted by Gasteiger charge is 2.09. The minimum atomic E-state index is -0.934. The number of aromatic nitrogens is 2. The summed E-state index contributed by atoms with van der Waals surface area (Å²) in [7, 11) is 3.87. The van der Waals surface area contributed by atoms with Gasteiger partial charge >= 0.3 is 5.97 Å². The molecule has 13 heavy (non-hydrogen) atoms. The smallest absolute Gasteiger partial charge is 0.354 e. The van der Waals surface area contributed by atoms with E-state index in [-0.39, 0.29) is 5.69 Å². The van der Waals surface area contributed by atoms with Crippen molar-refractivity contribution < 1.29 is 9.90 Å². The topological polar surface area (TPSA) is 58.4 Å². The number of carbonyl (C=O) groups is 1. The first-order chi connectivity index (χ1) is 6.11. The van der Waals surface area contributed by atoms with Gasteiger partial charge in [-0.25, -0.2) is 4.79 Å². The maximum Gasteiger partial charge on any atom is 0.354 e. The lowest BCUT2D eigenvalue weighted by Crippen LogP contribution is -2.21. The molecule has 0 aromatic carbocycles. The number of nitrogens with zero attached hydrogens (tertiary/aromatic N) is 3. The van der Waals surface area contributed by atoms with Gasteiger partial charge in [-0.05, 0) is 20.2 Å². The average Bonchev–Trinajstić information content (AvgIpc) is 2.47. The van der Waals surface area contributed by atoms with E-state index in [4.69, 9.17) is 5.11 Å². The van der Waals surface area contributed by atoms with Crippen LogP contribution in [-0.2, 0) is 6.54 Å². The predicted molar refractivity (Wildman–Crippen MR) is 47.7 cm³/mol. The van der Waals surface area contributed by atoms with Crippen LogP contribution >= 0.6 is 0 Å². The summed E-state index contributed by atoms with van der Waals surface area (Å²) in [6, 6.07) is 1.50. The molecule has 0 spiro atoms. The van der Waals surface area contributed by atoms with Crippen LogP contribution < -0.4 is 0 Å². The van der Waals surface area contributed by atoms with E-state index < -0.39 is 5.97 Å². The molecule has 0 aliphatic rings. The van der Waals surface area contributed by atoms with Crippen molar-refractivity contribution in [1.29, 1.82) is 0 Å². The molecule has 0 bridgehead atoms. The molecule has 1 N–H and O–H groups in total. The van der Waals surface area contributed by atoms with Crippen molar-refractivity contribution in [2.24, 2.45) is 0 Å². The zero-order chi connectivity index (χ0) is 9.84. The van der Waals surface area contributed by atoms with Crippen LogP contribution in [0.2, 0.25) is 0 Å². The SMILES string of the molecule is CN(C)CCn1nccc1C(=O)O. The van der Waals surface area contributed by atoms with Gasteiger partial charge in [-0.15, -0.1) is 0 Å². The number of rotatable bonds is 4. The maximum atomic E-state index is 10.7. The molecule has 0 atom stereocenters. The lowest BCUT2D eigenvalue weighted by Gasteiger charge is -2.09. The number of hydrogen-bond acceptors (Lipinski definition) is 3. The molecule has 0 aliphatic heterocycles. The van der Waals surface area contributed by atoms with Crippen molar-refractivity contribution in [2.75, 3.05) is 20.6 Å². The summed E-state index contributed by atoms with van der Waals surface area (Å²) in [5, 5.41) is 12.7. The lowest BCUT2D eigenvalue weighted by atomic mass is 10.4. The molecule has 5 nitrogen and oxygen atoms in total. The van der Waals surface area contributed by atoms with Crippen LogP contribution in [0.15, 0.2) is 12.3 Å². The largest absolute Gasteiger partial charge is 0.477 e. The number of carboxylic acids is 1. The molecular weight excluding hydrogens is 170 g/mol. The summed E-state index contributed by atoms with van der Waals surface area (Å²) in [5.74, 6) is -0.934. The molecule has 0 amide bonds. The van der Waals surface area contributed by atoms with E-state index in [2.05, 4.69) is 5.10 Å². The second kappa shape index (κ2) is 4.04. The minimum Gasteiger partial charge on any atom is -0.477 e. The normalized spacial score (nSPS) is 10.7. The Morgan fingerprint density at radius 1 is 1.69 bits per heavy atom. The van der Waals surface area contributed by atoms with Crippen molar-refractivity contribution in [2.45, 2.75) is 6.54 Å². The molecule has 0 aliphatic carbocycles. The Labute approximate surface area is 76.6 Å². The van der Waals surface area contributed by atoms with Crippen molar-refractivity contribution >= 4 is 5.97 Å². The third-order valence-electron chi connectivity index (χ3n) is 1.69. The molecule has 0 unspecified atom stereocenters. The van der Waals surface area contributed by atoms with Crippen LogP contribution in [0.5, 0.6) is 0 Å². The lowest BCUT2D eigenvalue weighted by molar-refractivity contribution is 0.0682. The predicted octanol–water partition coefficient (Wildman–Crippen LogP) is 0.143. The Balaban J connectivity index is 2.65. The highest BCUT2D eigenvalue weighted by Crippen LogP contribution is 1.98. The van der Waals surface area contributed by atoms with E-state index >= 15 is 0 Å². The summed E-state index contributed by atoms with van der Waals surface area (Å²) in [4.78, 5) is 12.6. The molecule has 0 saturated heterocycles. The van der Waals surface area contributed by atoms with Crippen molar-refractivity contribution in [3.8, 4) is 0 Å². The summed E-state index contributed by atoms with van der Waals surface area (Å²) in [6.07, 6.45) is 1.50. The van der Waals surface area contributed by atoms with E-state index in [1.165, 1.54) is 16.9 Å². The molecule has 0 radical (unpaired) electrons. The van der Waals surface area contributed by atoms with Gasteiger partial charge in [0.25, 0.3) is 0 Å². The molecule has 1 aromatic rings. The van der Waals surface area contributed by atoms with Crippen LogP contribution in [0.4, 0.5) is 0 Å². The maximum absolute atomic E-state index is 10.7. The molecular formula is C8H13N3O2. The van der Waals surface area contributed by atoms with Gasteiger partial charge in [0.2, 0.25) is 0 Å². The first-order valence-corrected chi connectivity index (χ1v) is 4.01. The van der Waals surface area contributed by atoms with Gasteiger partial charge in [0.15, 0.2) is 0 Å². The minimum absolute atomic E-state index is 0.238. The van der Waals surface area contributed by atoms with Gasteiger partial charge in [-0.2, -0.15) is 5.10 Å². The van der Waals surface area contributed by atoms with Crippen LogP contribution in [0.25, 0.3) is 0 Å². The second-order valence-corrected chi connectivity index (χ2v) is 3.05. The van der Waals surface area contributed by atoms with Gasteiger partial charge in [-0.3, -0.25) is 4.68 Å². The van der Waals surface area contributed by atoms with E-state index in [0.29, 0.717) is 6.54 Å². The Kier molecular flexibility index (Phi) is 3.02. The van der Waals surface area contributed by atoms with Gasteiger partial charge in [0, 0.05) is 12.7 Å². The Hall–Kier alpha value is -1.36. The summed E-state index contributed by atoms with van der Waals surface area (Å²) >= 11 is 0. The highest BCUT2D eigenvalue weighted by atomic mass is 16.4. The van der Waals surface area contributed by atoms with Crippen LogP contribution in [0.1, 0.15) is 10.5 Å². The second-order valence-electron chi connectivity index (χ2n) is 3.05. The number of likely N-dealkylation sites (N-methyl/N-ethyl adjacent to an activating group) is 1. The van der Waals surface area contributed by atoms with E-state index in [1.807, 2.05) is 19.0 Å². The summed E-state index contributed by atoms with van der Waals surface area (Å²) in [5.41, 5.74) is 0.238. The zero-order valence-corrected chi connectivity index (χ0v) is 7.77. The molecule has 1 aromatic heterocycles. The monoisotopic (exact) mass is 183 g/mol. The summed E-state index contributed by atoms with van der Waals surface area (Å²) < 4.78 is 1.49. The first kappa shape index (κ1) is 9.73. The van der Waals surface area contributed by atoms with Gasteiger partial charge in [0.05, 0.1) is 6.54 Å². The summed E-state index contributed by atoms with van der Waals surface area (Å²) in [6.45, 7) is 1.38. The molecule has 0 saturated carbocycles. The van der Waals surface area contributed by atoms with Gasteiger partial charge < -0.3 is 10.0 Å². The fraction of sp³-hybridized carbons (Fsp3) is 0.500. The fourth-order valence-electron chi connectivity index (χ4n) is 0.987. The van der Waals surface area contributed by atoms with E-state index in [1.54, 1.807) is 0 Å². The third-order valence-corrected chi connectivity index (χ3v) is 1.69. The Morgan fingerprint density at radius 2 is 2.38 bits per heavy atom. The third kappa shape index (κ3) is 2.55. The van der Waals surface area contributed by atoms with E-state index in [0.717, 1.165) is 6.54 Å². The molecule has 1 rings (SSSR count).